The van der Waals surface area contributed by atoms with Gasteiger partial charge in [-0.15, -0.1) is 0 Å². The van der Waals surface area contributed by atoms with E-state index in [0.29, 0.717) is 19.3 Å². The fourth-order valence-corrected chi connectivity index (χ4v) is 1.68. The zero-order valence-corrected chi connectivity index (χ0v) is 8.94. The summed E-state index contributed by atoms with van der Waals surface area (Å²) in [6.45, 7) is 0.163. The normalized spacial score (nSPS) is 15.6. The number of rotatable bonds is 3. The van der Waals surface area contributed by atoms with Crippen molar-refractivity contribution in [3.8, 4) is 0 Å². The maximum atomic E-state index is 10.9. The lowest BCUT2D eigenvalue weighted by Crippen LogP contribution is -2.25. The third-order valence-corrected chi connectivity index (χ3v) is 2.59. The molecule has 2 N–H and O–H groups in total. The minimum Gasteiger partial charge on any atom is -0.396 e. The van der Waals surface area contributed by atoms with Gasteiger partial charge in [0.1, 0.15) is 0 Å². The van der Waals surface area contributed by atoms with Crippen LogP contribution in [0.1, 0.15) is 24.0 Å². The van der Waals surface area contributed by atoms with Crippen LogP contribution in [-0.2, 0) is 11.2 Å². The van der Waals surface area contributed by atoms with Crippen molar-refractivity contribution >= 4 is 11.6 Å². The van der Waals surface area contributed by atoms with Crippen molar-refractivity contribution in [3.63, 3.8) is 0 Å². The smallest absolute Gasteiger partial charge is 0.240 e. The first-order valence-electron chi connectivity index (χ1n) is 5.35. The molecule has 1 aromatic carbocycles. The summed E-state index contributed by atoms with van der Waals surface area (Å²) in [5.41, 5.74) is 5.52. The maximum absolute atomic E-state index is 10.9. The van der Waals surface area contributed by atoms with Gasteiger partial charge in [0.25, 0.3) is 0 Å². The summed E-state index contributed by atoms with van der Waals surface area (Å²) in [5, 5.41) is 12.8. The largest absolute Gasteiger partial charge is 0.396 e. The third kappa shape index (κ3) is 2.46. The Balaban J connectivity index is 2.12. The van der Waals surface area contributed by atoms with Gasteiger partial charge in [-0.25, -0.2) is 5.43 Å². The highest BCUT2D eigenvalue weighted by Gasteiger charge is 2.12. The number of carbonyl (C=O) groups is 1. The molecule has 84 valence electrons. The van der Waals surface area contributed by atoms with Crippen LogP contribution in [0.25, 0.3) is 0 Å². The minimum absolute atomic E-state index is 0.0272. The number of carbonyl (C=O) groups excluding carboxylic acids is 1. The Labute approximate surface area is 94.0 Å². The molecule has 0 atom stereocenters. The van der Waals surface area contributed by atoms with Gasteiger partial charge in [0.05, 0.1) is 5.71 Å². The first-order chi connectivity index (χ1) is 7.79. The van der Waals surface area contributed by atoms with Crippen LogP contribution in [0.4, 0.5) is 0 Å². The molecule has 4 nitrogen and oxygen atoms in total. The second-order valence-electron chi connectivity index (χ2n) is 3.76. The molecule has 2 rings (SSSR count). The molecular weight excluding hydrogens is 204 g/mol. The van der Waals surface area contributed by atoms with E-state index in [1.165, 1.54) is 0 Å². The van der Waals surface area contributed by atoms with E-state index in [1.54, 1.807) is 0 Å². The average Bonchev–Trinajstić information content (AvgIpc) is 2.32. The highest BCUT2D eigenvalue weighted by atomic mass is 16.2. The minimum atomic E-state index is -0.0272. The van der Waals surface area contributed by atoms with E-state index >= 15 is 0 Å². The predicted molar refractivity (Wildman–Crippen MR) is 61.1 cm³/mol. The second-order valence-corrected chi connectivity index (χ2v) is 3.76. The van der Waals surface area contributed by atoms with E-state index in [4.69, 9.17) is 5.11 Å². The number of hydrogen-bond acceptors (Lipinski definition) is 3. The SMILES string of the molecule is O=C1CCC(c2ccc(CCO)cc2)=NN1. The average molecular weight is 218 g/mol. The number of amides is 1. The van der Waals surface area contributed by atoms with Crippen LogP contribution < -0.4 is 5.43 Å². The maximum Gasteiger partial charge on any atom is 0.240 e. The Morgan fingerprint density at radius 1 is 1.25 bits per heavy atom. The van der Waals surface area contributed by atoms with Gasteiger partial charge < -0.3 is 5.11 Å². The standard InChI is InChI=1S/C12H14N2O2/c15-8-7-9-1-3-10(4-2-9)11-5-6-12(16)14-13-11/h1-4,15H,5-8H2,(H,14,16). The van der Waals surface area contributed by atoms with Crippen molar-refractivity contribution in [3.05, 3.63) is 35.4 Å². The molecular formula is C12H14N2O2. The Kier molecular flexibility index (Phi) is 3.31. The molecule has 16 heavy (non-hydrogen) atoms. The highest BCUT2D eigenvalue weighted by Crippen LogP contribution is 2.11. The van der Waals surface area contributed by atoms with E-state index in [0.717, 1.165) is 16.8 Å². The molecule has 0 spiro atoms. The third-order valence-electron chi connectivity index (χ3n) is 2.59. The molecule has 0 radical (unpaired) electrons. The molecule has 1 amide bonds. The monoisotopic (exact) mass is 218 g/mol. The van der Waals surface area contributed by atoms with Crippen molar-refractivity contribution in [2.45, 2.75) is 19.3 Å². The molecule has 1 aromatic rings. The van der Waals surface area contributed by atoms with E-state index < -0.39 is 0 Å². The molecule has 0 bridgehead atoms. The van der Waals surface area contributed by atoms with Gasteiger partial charge in [0.15, 0.2) is 0 Å². The van der Waals surface area contributed by atoms with Crippen LogP contribution in [0.3, 0.4) is 0 Å². The molecule has 0 saturated heterocycles. The fourth-order valence-electron chi connectivity index (χ4n) is 1.68. The van der Waals surface area contributed by atoms with E-state index in [9.17, 15) is 4.79 Å². The van der Waals surface area contributed by atoms with Gasteiger partial charge in [0.2, 0.25) is 5.91 Å². The van der Waals surface area contributed by atoms with Crippen LogP contribution in [0.5, 0.6) is 0 Å². The number of nitrogens with one attached hydrogen (secondary N) is 1. The molecule has 0 aliphatic carbocycles. The topological polar surface area (TPSA) is 61.7 Å². The summed E-state index contributed by atoms with van der Waals surface area (Å²) >= 11 is 0. The summed E-state index contributed by atoms with van der Waals surface area (Å²) in [7, 11) is 0. The Morgan fingerprint density at radius 3 is 2.56 bits per heavy atom. The van der Waals surface area contributed by atoms with E-state index in [1.807, 2.05) is 24.3 Å². The number of benzene rings is 1. The highest BCUT2D eigenvalue weighted by molar-refractivity contribution is 6.04. The zero-order chi connectivity index (χ0) is 11.4. The number of hydrazone groups is 1. The molecule has 0 unspecified atom stereocenters. The molecule has 0 saturated carbocycles. The first-order valence-corrected chi connectivity index (χ1v) is 5.35. The molecule has 1 heterocycles. The van der Waals surface area contributed by atoms with Gasteiger partial charge in [-0.1, -0.05) is 24.3 Å². The molecule has 0 fully saturated rings. The van der Waals surface area contributed by atoms with Crippen molar-refractivity contribution in [1.29, 1.82) is 0 Å². The lowest BCUT2D eigenvalue weighted by molar-refractivity contribution is -0.121. The summed E-state index contributed by atoms with van der Waals surface area (Å²) in [6.07, 6.45) is 1.85. The molecule has 4 heteroatoms. The van der Waals surface area contributed by atoms with Crippen molar-refractivity contribution in [2.24, 2.45) is 5.10 Å². The number of hydrogen-bond donors (Lipinski definition) is 2. The summed E-state index contributed by atoms with van der Waals surface area (Å²) in [4.78, 5) is 10.9. The molecule has 0 aromatic heterocycles. The van der Waals surface area contributed by atoms with Crippen LogP contribution in [0.2, 0.25) is 0 Å². The van der Waals surface area contributed by atoms with E-state index in [2.05, 4.69) is 10.5 Å². The summed E-state index contributed by atoms with van der Waals surface area (Å²) < 4.78 is 0. The summed E-state index contributed by atoms with van der Waals surface area (Å²) in [5.74, 6) is -0.0272. The van der Waals surface area contributed by atoms with Crippen LogP contribution in [0, 0.1) is 0 Å². The van der Waals surface area contributed by atoms with Gasteiger partial charge >= 0.3 is 0 Å². The van der Waals surface area contributed by atoms with Crippen molar-refractivity contribution in [1.82, 2.24) is 5.43 Å². The lowest BCUT2D eigenvalue weighted by atomic mass is 10.0. The van der Waals surface area contributed by atoms with Crippen LogP contribution in [-0.4, -0.2) is 23.3 Å². The second kappa shape index (κ2) is 4.90. The molecule has 1 aliphatic heterocycles. The Morgan fingerprint density at radius 2 is 2.00 bits per heavy atom. The molecule has 1 aliphatic rings. The van der Waals surface area contributed by atoms with Gasteiger partial charge in [-0.05, 0) is 17.5 Å². The summed E-state index contributed by atoms with van der Waals surface area (Å²) in [6, 6.07) is 7.90. The van der Waals surface area contributed by atoms with E-state index in [-0.39, 0.29) is 12.5 Å². The predicted octanol–water partition coefficient (Wildman–Crippen LogP) is 0.835. The van der Waals surface area contributed by atoms with Gasteiger partial charge in [0, 0.05) is 19.4 Å². The Bertz CT molecular complexity index is 410. The zero-order valence-electron chi connectivity index (χ0n) is 8.94. The number of aliphatic hydroxyl groups excluding tert-OH is 1. The van der Waals surface area contributed by atoms with Crippen molar-refractivity contribution in [2.75, 3.05) is 6.61 Å². The number of nitrogens with zero attached hydrogens (tertiary/aromatic N) is 1. The van der Waals surface area contributed by atoms with Crippen LogP contribution in [0.15, 0.2) is 29.4 Å². The number of aliphatic hydroxyl groups is 1. The van der Waals surface area contributed by atoms with Gasteiger partial charge in [-0.2, -0.15) is 5.10 Å². The van der Waals surface area contributed by atoms with Gasteiger partial charge in [-0.3, -0.25) is 4.79 Å². The fraction of sp³-hybridized carbons (Fsp3) is 0.333. The van der Waals surface area contributed by atoms with Crippen LogP contribution >= 0.6 is 0 Å². The Hall–Kier alpha value is -1.68. The quantitative estimate of drug-likeness (QED) is 0.789. The first kappa shape index (κ1) is 10.8. The van der Waals surface area contributed by atoms with Crippen molar-refractivity contribution < 1.29 is 9.90 Å². The lowest BCUT2D eigenvalue weighted by Gasteiger charge is -2.12.